The number of amides is 1. The lowest BCUT2D eigenvalue weighted by Gasteiger charge is -2.36. The van der Waals surface area contributed by atoms with E-state index in [2.05, 4.69) is 4.90 Å². The number of halogens is 1. The molecule has 1 aliphatic heterocycles. The number of hydrogen-bond acceptors (Lipinski definition) is 5. The maximum atomic E-state index is 12.7. The Morgan fingerprint density at radius 3 is 2.32 bits per heavy atom. The lowest BCUT2D eigenvalue weighted by molar-refractivity contribution is -0.136. The summed E-state index contributed by atoms with van der Waals surface area (Å²) in [4.78, 5) is 26.4. The fourth-order valence-corrected chi connectivity index (χ4v) is 4.24. The van der Waals surface area contributed by atoms with Gasteiger partial charge in [0.25, 0.3) is 0 Å². The molecule has 0 radical (unpaired) electrons. The molecular weight excluding hydrogens is 448 g/mol. The summed E-state index contributed by atoms with van der Waals surface area (Å²) in [6, 6.07) is 25.5. The highest BCUT2D eigenvalue weighted by atomic mass is 35.5. The number of piperazine rings is 1. The van der Waals surface area contributed by atoms with Crippen molar-refractivity contribution in [2.45, 2.75) is 6.61 Å². The molecule has 0 spiro atoms. The van der Waals surface area contributed by atoms with Gasteiger partial charge in [0, 0.05) is 42.2 Å². The van der Waals surface area contributed by atoms with Crippen molar-refractivity contribution in [3.05, 3.63) is 89.4 Å². The Hall–Kier alpha value is -3.48. The van der Waals surface area contributed by atoms with Crippen LogP contribution in [0.25, 0.3) is 22.3 Å². The van der Waals surface area contributed by atoms with E-state index in [1.54, 1.807) is 0 Å². The highest BCUT2D eigenvalue weighted by Crippen LogP contribution is 2.28. The molecule has 0 aliphatic carbocycles. The van der Waals surface area contributed by atoms with Gasteiger partial charge in [0.05, 0.1) is 12.1 Å². The molecule has 0 N–H and O–H groups in total. The number of carbonyl (C=O) groups excluding carboxylic acids is 1. The Balaban J connectivity index is 1.27. The smallest absolute Gasteiger partial charge is 0.248 e. The molecule has 1 aliphatic rings. The predicted molar refractivity (Wildman–Crippen MR) is 135 cm³/mol. The van der Waals surface area contributed by atoms with Gasteiger partial charge in [-0.3, -0.25) is 4.79 Å². The fraction of sp³-hybridized carbons (Fsp3) is 0.222. The van der Waals surface area contributed by atoms with Crippen molar-refractivity contribution < 1.29 is 9.53 Å². The van der Waals surface area contributed by atoms with Gasteiger partial charge in [0.2, 0.25) is 5.91 Å². The molecule has 1 amide bonds. The minimum atomic E-state index is 0.0185. The first-order valence-electron chi connectivity index (χ1n) is 11.3. The number of fused-ring (bicyclic) bond motifs is 1. The van der Waals surface area contributed by atoms with E-state index >= 15 is 0 Å². The lowest BCUT2D eigenvalue weighted by atomic mass is 10.1. The Morgan fingerprint density at radius 2 is 1.56 bits per heavy atom. The molecule has 5 rings (SSSR count). The number of ether oxygens (including phenoxy) is 1. The third-order valence-corrected chi connectivity index (χ3v) is 6.21. The van der Waals surface area contributed by atoms with Crippen LogP contribution < -0.4 is 4.90 Å². The van der Waals surface area contributed by atoms with Crippen molar-refractivity contribution in [1.82, 2.24) is 14.9 Å². The third-order valence-electron chi connectivity index (χ3n) is 5.95. The maximum Gasteiger partial charge on any atom is 0.248 e. The van der Waals surface area contributed by atoms with Crippen molar-refractivity contribution >= 4 is 34.2 Å². The average molecular weight is 473 g/mol. The van der Waals surface area contributed by atoms with Crippen LogP contribution >= 0.6 is 11.6 Å². The summed E-state index contributed by atoms with van der Waals surface area (Å²) >= 11 is 6.06. The van der Waals surface area contributed by atoms with Crippen LogP contribution in [0.15, 0.2) is 78.9 Å². The summed E-state index contributed by atoms with van der Waals surface area (Å²) < 4.78 is 5.64. The van der Waals surface area contributed by atoms with Crippen LogP contribution in [0.3, 0.4) is 0 Å². The second-order valence-corrected chi connectivity index (χ2v) is 8.68. The first kappa shape index (κ1) is 22.3. The molecule has 1 fully saturated rings. The van der Waals surface area contributed by atoms with Crippen molar-refractivity contribution in [1.29, 1.82) is 0 Å². The van der Waals surface area contributed by atoms with Gasteiger partial charge < -0.3 is 14.5 Å². The minimum absolute atomic E-state index is 0.0185. The molecule has 1 saturated heterocycles. The highest BCUT2D eigenvalue weighted by Gasteiger charge is 2.24. The number of nitrogens with zero attached hydrogens (tertiary/aromatic N) is 4. The largest absolute Gasteiger partial charge is 0.367 e. The molecule has 0 unspecified atom stereocenters. The van der Waals surface area contributed by atoms with Gasteiger partial charge in [-0.15, -0.1) is 0 Å². The second kappa shape index (κ2) is 10.2. The third kappa shape index (κ3) is 5.03. The van der Waals surface area contributed by atoms with Gasteiger partial charge in [-0.25, -0.2) is 9.97 Å². The first-order chi connectivity index (χ1) is 16.7. The second-order valence-electron chi connectivity index (χ2n) is 8.24. The van der Waals surface area contributed by atoms with E-state index < -0.39 is 0 Å². The summed E-state index contributed by atoms with van der Waals surface area (Å²) in [5.74, 6) is 1.58. The van der Waals surface area contributed by atoms with Crippen LogP contribution in [-0.4, -0.2) is 53.6 Å². The number of rotatable bonds is 6. The van der Waals surface area contributed by atoms with Crippen molar-refractivity contribution in [3.8, 4) is 11.4 Å². The number of carbonyl (C=O) groups is 1. The molecule has 0 atom stereocenters. The molecule has 34 heavy (non-hydrogen) atoms. The fourth-order valence-electron chi connectivity index (χ4n) is 4.12. The van der Waals surface area contributed by atoms with E-state index in [4.69, 9.17) is 26.3 Å². The van der Waals surface area contributed by atoms with Gasteiger partial charge >= 0.3 is 0 Å². The summed E-state index contributed by atoms with van der Waals surface area (Å²) in [6.45, 7) is 3.18. The topological polar surface area (TPSA) is 58.6 Å². The standard InChI is InChI=1S/C27H25ClN4O2/c28-22-12-10-21(11-13-22)26-29-24-9-5-4-8-23(24)27(30-26)32-16-14-31(15-17-32)25(33)19-34-18-20-6-2-1-3-7-20/h1-13H,14-19H2. The number of hydrogen-bond donors (Lipinski definition) is 0. The molecule has 0 bridgehead atoms. The van der Waals surface area contributed by atoms with E-state index in [9.17, 15) is 4.79 Å². The number of para-hydroxylation sites is 1. The summed E-state index contributed by atoms with van der Waals surface area (Å²) in [5.41, 5.74) is 2.87. The van der Waals surface area contributed by atoms with Crippen molar-refractivity contribution in [3.63, 3.8) is 0 Å². The molecule has 1 aromatic heterocycles. The highest BCUT2D eigenvalue weighted by molar-refractivity contribution is 6.30. The summed E-state index contributed by atoms with van der Waals surface area (Å²) in [5, 5.41) is 1.68. The van der Waals surface area contributed by atoms with E-state index in [1.807, 2.05) is 83.8 Å². The molecular formula is C27H25ClN4O2. The van der Waals surface area contributed by atoms with Crippen LogP contribution in [0.1, 0.15) is 5.56 Å². The van der Waals surface area contributed by atoms with Crippen molar-refractivity contribution in [2.75, 3.05) is 37.7 Å². The van der Waals surface area contributed by atoms with Gasteiger partial charge in [-0.2, -0.15) is 0 Å². The molecule has 6 nitrogen and oxygen atoms in total. The van der Waals surface area contributed by atoms with E-state index in [0.717, 1.165) is 27.8 Å². The zero-order chi connectivity index (χ0) is 23.3. The molecule has 172 valence electrons. The van der Waals surface area contributed by atoms with Gasteiger partial charge in [-0.05, 0) is 42.0 Å². The van der Waals surface area contributed by atoms with Crippen LogP contribution in [0.2, 0.25) is 5.02 Å². The van der Waals surface area contributed by atoms with Crippen LogP contribution in [0, 0.1) is 0 Å². The van der Waals surface area contributed by atoms with Gasteiger partial charge in [0.15, 0.2) is 5.82 Å². The molecule has 0 saturated carbocycles. The zero-order valence-corrected chi connectivity index (χ0v) is 19.5. The number of aromatic nitrogens is 2. The normalized spacial score (nSPS) is 13.9. The van der Waals surface area contributed by atoms with Crippen molar-refractivity contribution in [2.24, 2.45) is 0 Å². The first-order valence-corrected chi connectivity index (χ1v) is 11.7. The quantitative estimate of drug-likeness (QED) is 0.403. The molecule has 3 aromatic carbocycles. The van der Waals surface area contributed by atoms with E-state index in [-0.39, 0.29) is 12.5 Å². The number of benzene rings is 3. The molecule has 2 heterocycles. The van der Waals surface area contributed by atoms with Crippen LogP contribution in [0.4, 0.5) is 5.82 Å². The summed E-state index contributed by atoms with van der Waals surface area (Å²) in [7, 11) is 0. The Kier molecular flexibility index (Phi) is 6.70. The average Bonchev–Trinajstić information content (AvgIpc) is 2.89. The van der Waals surface area contributed by atoms with Crippen LogP contribution in [0.5, 0.6) is 0 Å². The van der Waals surface area contributed by atoms with E-state index in [1.165, 1.54) is 0 Å². The molecule has 4 aromatic rings. The van der Waals surface area contributed by atoms with E-state index in [0.29, 0.717) is 43.6 Å². The maximum absolute atomic E-state index is 12.7. The molecule has 7 heteroatoms. The Morgan fingerprint density at radius 1 is 0.853 bits per heavy atom. The SMILES string of the molecule is O=C(COCc1ccccc1)N1CCN(c2nc(-c3ccc(Cl)cc3)nc3ccccc23)CC1. The van der Waals surface area contributed by atoms with Crippen LogP contribution in [-0.2, 0) is 16.1 Å². The number of anilines is 1. The summed E-state index contributed by atoms with van der Waals surface area (Å²) in [6.07, 6.45) is 0. The minimum Gasteiger partial charge on any atom is -0.367 e. The van der Waals surface area contributed by atoms with Gasteiger partial charge in [-0.1, -0.05) is 54.1 Å². The predicted octanol–water partition coefficient (Wildman–Crippen LogP) is 4.82. The Bertz CT molecular complexity index is 1270. The zero-order valence-electron chi connectivity index (χ0n) is 18.7. The monoisotopic (exact) mass is 472 g/mol. The lowest BCUT2D eigenvalue weighted by Crippen LogP contribution is -2.50. The Labute approximate surface area is 203 Å². The van der Waals surface area contributed by atoms with Gasteiger partial charge in [0.1, 0.15) is 12.4 Å².